The van der Waals surface area contributed by atoms with Crippen LogP contribution in [0.1, 0.15) is 0 Å². The molecule has 0 fully saturated rings. The second-order valence-corrected chi connectivity index (χ2v) is 14.3. The Morgan fingerprint density at radius 2 is 1.08 bits per heavy atom. The fourth-order valence-corrected chi connectivity index (χ4v) is 9.18. The Kier molecular flexibility index (Phi) is 6.42. The van der Waals surface area contributed by atoms with Crippen LogP contribution in [0, 0.1) is 0 Å². The first-order valence-corrected chi connectivity index (χ1v) is 18.3. The number of para-hydroxylation sites is 1. The second-order valence-electron chi connectivity index (χ2n) is 13.2. The van der Waals surface area contributed by atoms with Gasteiger partial charge in [0.05, 0.1) is 21.5 Å². The van der Waals surface area contributed by atoms with Gasteiger partial charge in [-0.05, 0) is 71.3 Å². The van der Waals surface area contributed by atoms with Gasteiger partial charge in [0.2, 0.25) is 0 Å². The van der Waals surface area contributed by atoms with Crippen LogP contribution in [-0.4, -0.2) is 0 Å². The number of hydrogen-bond acceptors (Lipinski definition) is 4. The van der Waals surface area contributed by atoms with Gasteiger partial charge >= 0.3 is 0 Å². The molecule has 0 saturated carbocycles. The molecule has 8 aromatic carbocycles. The molecule has 3 heterocycles. The van der Waals surface area contributed by atoms with Crippen LogP contribution in [0.3, 0.4) is 0 Å². The van der Waals surface area contributed by atoms with E-state index in [1.165, 1.54) is 20.2 Å². The molecule has 11 rings (SSSR count). The lowest BCUT2D eigenvalue weighted by Gasteiger charge is -2.27. The zero-order valence-electron chi connectivity index (χ0n) is 27.9. The standard InChI is InChI=1S/C48H29NO2S/c1-3-13-30(14-4-1)33-19-12-23-43-45(33)38-29-32(25-28-42(38)50-43)49(40-21-11-20-36-35-17-8-10-24-44(35)52-48(36)40)39-27-26-34(31-15-5-2-6-16-31)47-46(39)37-18-7-9-22-41(37)51-47/h1-29H. The molecule has 244 valence electrons. The average molecular weight is 684 g/mol. The number of hydrogen-bond donors (Lipinski definition) is 0. The van der Waals surface area contributed by atoms with Crippen molar-refractivity contribution >= 4 is 92.4 Å². The Morgan fingerprint density at radius 1 is 0.404 bits per heavy atom. The molecule has 3 nitrogen and oxygen atoms in total. The molecule has 4 heteroatoms. The molecule has 11 aromatic rings. The van der Waals surface area contributed by atoms with E-state index in [0.29, 0.717) is 0 Å². The normalized spacial score (nSPS) is 11.8. The maximum atomic E-state index is 6.78. The molecule has 52 heavy (non-hydrogen) atoms. The van der Waals surface area contributed by atoms with Gasteiger partial charge in [-0.1, -0.05) is 121 Å². The van der Waals surface area contributed by atoms with Gasteiger partial charge in [-0.15, -0.1) is 11.3 Å². The molecule has 0 bridgehead atoms. The SMILES string of the molecule is c1ccc(-c2ccc(N(c3ccc4oc5cccc(-c6ccccc6)c5c4c3)c3cccc4c3sc3ccccc34)c3c2oc2ccccc23)cc1. The second kappa shape index (κ2) is 11.5. The average Bonchev–Trinajstić information content (AvgIpc) is 3.91. The fourth-order valence-electron chi connectivity index (χ4n) is 7.97. The highest BCUT2D eigenvalue weighted by atomic mass is 32.1. The predicted molar refractivity (Wildman–Crippen MR) is 219 cm³/mol. The highest BCUT2D eigenvalue weighted by Gasteiger charge is 2.25. The molecule has 0 radical (unpaired) electrons. The summed E-state index contributed by atoms with van der Waals surface area (Å²) in [5.41, 5.74) is 11.2. The van der Waals surface area contributed by atoms with Crippen molar-refractivity contribution in [3.8, 4) is 22.3 Å². The molecular weight excluding hydrogens is 655 g/mol. The first kappa shape index (κ1) is 29.1. The van der Waals surface area contributed by atoms with Gasteiger partial charge < -0.3 is 13.7 Å². The number of nitrogens with zero attached hydrogens (tertiary/aromatic N) is 1. The van der Waals surface area contributed by atoms with Crippen LogP contribution in [0.5, 0.6) is 0 Å². The van der Waals surface area contributed by atoms with Crippen molar-refractivity contribution in [2.75, 3.05) is 4.90 Å². The van der Waals surface area contributed by atoms with Gasteiger partial charge in [0.15, 0.2) is 0 Å². The van der Waals surface area contributed by atoms with Crippen molar-refractivity contribution in [2.24, 2.45) is 0 Å². The largest absolute Gasteiger partial charge is 0.456 e. The summed E-state index contributed by atoms with van der Waals surface area (Å²) in [6.45, 7) is 0. The van der Waals surface area contributed by atoms with Gasteiger partial charge in [0.1, 0.15) is 22.3 Å². The number of rotatable bonds is 5. The van der Waals surface area contributed by atoms with Crippen LogP contribution >= 0.6 is 11.3 Å². The third kappa shape index (κ3) is 4.38. The Bertz CT molecular complexity index is 3130. The van der Waals surface area contributed by atoms with Crippen molar-refractivity contribution in [3.05, 3.63) is 176 Å². The topological polar surface area (TPSA) is 29.5 Å². The van der Waals surface area contributed by atoms with E-state index in [1.807, 2.05) is 17.4 Å². The number of thiophene rings is 1. The van der Waals surface area contributed by atoms with E-state index in [-0.39, 0.29) is 0 Å². The highest BCUT2D eigenvalue weighted by molar-refractivity contribution is 7.26. The van der Waals surface area contributed by atoms with Crippen molar-refractivity contribution in [2.45, 2.75) is 0 Å². The smallest absolute Gasteiger partial charge is 0.145 e. The first-order chi connectivity index (χ1) is 25.8. The Hall–Kier alpha value is -6.62. The van der Waals surface area contributed by atoms with Crippen molar-refractivity contribution in [1.82, 2.24) is 0 Å². The lowest BCUT2D eigenvalue weighted by atomic mass is 9.98. The lowest BCUT2D eigenvalue weighted by Crippen LogP contribution is -2.10. The van der Waals surface area contributed by atoms with Crippen LogP contribution in [-0.2, 0) is 0 Å². The summed E-state index contributed by atoms with van der Waals surface area (Å²) in [4.78, 5) is 2.43. The molecule has 0 atom stereocenters. The van der Waals surface area contributed by atoms with Gasteiger partial charge in [-0.2, -0.15) is 0 Å². The quantitative estimate of drug-likeness (QED) is 0.181. The molecule has 0 spiro atoms. The van der Waals surface area contributed by atoms with Gasteiger partial charge in [-0.3, -0.25) is 0 Å². The van der Waals surface area contributed by atoms with Gasteiger partial charge in [0, 0.05) is 42.9 Å². The van der Waals surface area contributed by atoms with E-state index in [1.54, 1.807) is 0 Å². The van der Waals surface area contributed by atoms with E-state index in [4.69, 9.17) is 8.83 Å². The molecule has 0 aliphatic carbocycles. The minimum atomic E-state index is 0.862. The van der Waals surface area contributed by atoms with Crippen molar-refractivity contribution in [3.63, 3.8) is 0 Å². The third-order valence-corrected chi connectivity index (χ3v) is 11.5. The maximum Gasteiger partial charge on any atom is 0.145 e. The predicted octanol–water partition coefficient (Wildman–Crippen LogP) is 14.7. The van der Waals surface area contributed by atoms with E-state index >= 15 is 0 Å². The van der Waals surface area contributed by atoms with E-state index in [2.05, 4.69) is 175 Å². The molecule has 0 aliphatic rings. The van der Waals surface area contributed by atoms with Crippen LogP contribution in [0.15, 0.2) is 185 Å². The summed E-state index contributed by atoms with van der Waals surface area (Å²) < 4.78 is 15.8. The number of furan rings is 2. The van der Waals surface area contributed by atoms with Crippen LogP contribution < -0.4 is 4.90 Å². The Balaban J connectivity index is 1.25. The highest BCUT2D eigenvalue weighted by Crippen LogP contribution is 2.50. The molecular formula is C48H29NO2S. The Morgan fingerprint density at radius 3 is 1.92 bits per heavy atom. The summed E-state index contributed by atoms with van der Waals surface area (Å²) >= 11 is 1.84. The molecule has 0 N–H and O–H groups in total. The van der Waals surface area contributed by atoms with Gasteiger partial charge in [0.25, 0.3) is 0 Å². The maximum absolute atomic E-state index is 6.78. The van der Waals surface area contributed by atoms with Crippen LogP contribution in [0.4, 0.5) is 17.1 Å². The molecule has 0 unspecified atom stereocenters. The number of anilines is 3. The van der Waals surface area contributed by atoms with Gasteiger partial charge in [-0.25, -0.2) is 0 Å². The van der Waals surface area contributed by atoms with Crippen molar-refractivity contribution in [1.29, 1.82) is 0 Å². The minimum Gasteiger partial charge on any atom is -0.456 e. The summed E-state index contributed by atoms with van der Waals surface area (Å²) in [5, 5.41) is 6.88. The molecule has 0 amide bonds. The zero-order valence-corrected chi connectivity index (χ0v) is 28.7. The Labute approximate surface area is 303 Å². The van der Waals surface area contributed by atoms with Crippen LogP contribution in [0.2, 0.25) is 0 Å². The minimum absolute atomic E-state index is 0.862. The van der Waals surface area contributed by atoms with Crippen molar-refractivity contribution < 1.29 is 8.83 Å². The summed E-state index contributed by atoms with van der Waals surface area (Å²) in [6, 6.07) is 62.3. The summed E-state index contributed by atoms with van der Waals surface area (Å²) in [7, 11) is 0. The number of fused-ring (bicyclic) bond motifs is 9. The van der Waals surface area contributed by atoms with Crippen LogP contribution in [0.25, 0.3) is 86.3 Å². The van der Waals surface area contributed by atoms with E-state index in [0.717, 1.165) is 83.2 Å². The van der Waals surface area contributed by atoms with E-state index < -0.39 is 0 Å². The third-order valence-electron chi connectivity index (χ3n) is 10.3. The lowest BCUT2D eigenvalue weighted by molar-refractivity contribution is 0.669. The summed E-state index contributed by atoms with van der Waals surface area (Å²) in [5.74, 6) is 0. The number of benzene rings is 8. The first-order valence-electron chi connectivity index (χ1n) is 17.5. The molecule has 3 aromatic heterocycles. The fraction of sp³-hybridized carbons (Fsp3) is 0. The molecule has 0 saturated heterocycles. The monoisotopic (exact) mass is 683 g/mol. The van der Waals surface area contributed by atoms with E-state index in [9.17, 15) is 0 Å². The zero-order chi connectivity index (χ0) is 34.2. The summed E-state index contributed by atoms with van der Waals surface area (Å²) in [6.07, 6.45) is 0. The molecule has 0 aliphatic heterocycles.